The standard InChI is InChI=1S/C13H8BrNO2/c14-11-3-1-2-9(6-11)12(7-15)13(16)10-4-5-17-8-10/h1-6,8,12H. The van der Waals surface area contributed by atoms with Crippen LogP contribution in [0.3, 0.4) is 0 Å². The summed E-state index contributed by atoms with van der Waals surface area (Å²) >= 11 is 3.32. The van der Waals surface area contributed by atoms with Gasteiger partial charge >= 0.3 is 0 Å². The smallest absolute Gasteiger partial charge is 0.187 e. The summed E-state index contributed by atoms with van der Waals surface area (Å²) in [6.07, 6.45) is 2.77. The number of ketones is 1. The van der Waals surface area contributed by atoms with Crippen LogP contribution >= 0.6 is 15.9 Å². The van der Waals surface area contributed by atoms with Gasteiger partial charge in [-0.1, -0.05) is 28.1 Å². The Labute approximate surface area is 107 Å². The summed E-state index contributed by atoms with van der Waals surface area (Å²) in [5.74, 6) is -1.05. The average Bonchev–Trinajstić information content (AvgIpc) is 2.83. The van der Waals surface area contributed by atoms with E-state index in [2.05, 4.69) is 15.9 Å². The van der Waals surface area contributed by atoms with Gasteiger partial charge in [0.1, 0.15) is 12.2 Å². The van der Waals surface area contributed by atoms with Crippen LogP contribution < -0.4 is 0 Å². The molecule has 0 aliphatic rings. The fourth-order valence-corrected chi connectivity index (χ4v) is 1.96. The fraction of sp³-hybridized carbons (Fsp3) is 0.0769. The Kier molecular flexibility index (Phi) is 3.40. The van der Waals surface area contributed by atoms with Gasteiger partial charge in [0.25, 0.3) is 0 Å². The second-order valence-corrected chi connectivity index (χ2v) is 4.41. The SMILES string of the molecule is N#CC(C(=O)c1ccoc1)c1cccc(Br)c1. The number of Topliss-reactive ketones (excluding diaryl/α,β-unsaturated/α-hetero) is 1. The third-order valence-corrected chi connectivity index (χ3v) is 2.87. The van der Waals surface area contributed by atoms with E-state index in [4.69, 9.17) is 9.68 Å². The van der Waals surface area contributed by atoms with E-state index in [1.165, 1.54) is 12.5 Å². The van der Waals surface area contributed by atoms with Crippen LogP contribution in [0.15, 0.2) is 51.7 Å². The summed E-state index contributed by atoms with van der Waals surface area (Å²) < 4.78 is 5.69. The molecule has 0 aliphatic heterocycles. The van der Waals surface area contributed by atoms with Crippen LogP contribution in [-0.2, 0) is 0 Å². The highest BCUT2D eigenvalue weighted by Crippen LogP contribution is 2.23. The number of hydrogen-bond donors (Lipinski definition) is 0. The minimum atomic E-state index is -0.801. The Morgan fingerprint density at radius 3 is 2.82 bits per heavy atom. The molecule has 1 atom stereocenters. The van der Waals surface area contributed by atoms with Crippen LogP contribution in [-0.4, -0.2) is 5.78 Å². The van der Waals surface area contributed by atoms with Gasteiger partial charge in [0.15, 0.2) is 5.78 Å². The normalized spacial score (nSPS) is 11.8. The molecule has 17 heavy (non-hydrogen) atoms. The van der Waals surface area contributed by atoms with E-state index in [1.54, 1.807) is 24.3 Å². The van der Waals surface area contributed by atoms with Crippen LogP contribution in [0.25, 0.3) is 0 Å². The molecule has 0 bridgehead atoms. The first-order chi connectivity index (χ1) is 8.22. The molecule has 0 aliphatic carbocycles. The maximum Gasteiger partial charge on any atom is 0.187 e. The molecule has 0 amide bonds. The van der Waals surface area contributed by atoms with Crippen LogP contribution in [0.2, 0.25) is 0 Å². The number of furan rings is 1. The van der Waals surface area contributed by atoms with Crippen molar-refractivity contribution >= 4 is 21.7 Å². The van der Waals surface area contributed by atoms with Crippen LogP contribution in [0.1, 0.15) is 21.8 Å². The molecule has 0 radical (unpaired) electrons. The van der Waals surface area contributed by atoms with Crippen molar-refractivity contribution in [3.05, 3.63) is 58.5 Å². The predicted molar refractivity (Wildman–Crippen MR) is 65.5 cm³/mol. The monoisotopic (exact) mass is 289 g/mol. The molecule has 2 aromatic rings. The molecular weight excluding hydrogens is 282 g/mol. The lowest BCUT2D eigenvalue weighted by Gasteiger charge is -2.07. The molecule has 0 spiro atoms. The third-order valence-electron chi connectivity index (χ3n) is 2.38. The second-order valence-electron chi connectivity index (χ2n) is 3.49. The Bertz CT molecular complexity index is 569. The van der Waals surface area contributed by atoms with Gasteiger partial charge in [0, 0.05) is 4.47 Å². The van der Waals surface area contributed by atoms with Gasteiger partial charge in [-0.3, -0.25) is 4.79 Å². The molecule has 2 rings (SSSR count). The van der Waals surface area contributed by atoms with E-state index >= 15 is 0 Å². The highest BCUT2D eigenvalue weighted by Gasteiger charge is 2.22. The fourth-order valence-electron chi connectivity index (χ4n) is 1.54. The number of nitriles is 1. The molecule has 1 aromatic carbocycles. The number of benzene rings is 1. The van der Waals surface area contributed by atoms with Gasteiger partial charge in [0.05, 0.1) is 17.9 Å². The summed E-state index contributed by atoms with van der Waals surface area (Å²) in [5.41, 5.74) is 1.09. The van der Waals surface area contributed by atoms with Crippen molar-refractivity contribution in [2.75, 3.05) is 0 Å². The molecule has 1 unspecified atom stereocenters. The van der Waals surface area contributed by atoms with Crippen LogP contribution in [0, 0.1) is 11.3 Å². The van der Waals surface area contributed by atoms with Gasteiger partial charge in [-0.05, 0) is 23.8 Å². The zero-order chi connectivity index (χ0) is 12.3. The summed E-state index contributed by atoms with van der Waals surface area (Å²) in [6.45, 7) is 0. The van der Waals surface area contributed by atoms with Crippen molar-refractivity contribution in [1.82, 2.24) is 0 Å². The van der Waals surface area contributed by atoms with Crippen molar-refractivity contribution in [1.29, 1.82) is 5.26 Å². The molecule has 3 nitrogen and oxygen atoms in total. The quantitative estimate of drug-likeness (QED) is 0.812. The number of hydrogen-bond acceptors (Lipinski definition) is 3. The zero-order valence-corrected chi connectivity index (χ0v) is 10.3. The van der Waals surface area contributed by atoms with E-state index in [9.17, 15) is 4.79 Å². The van der Waals surface area contributed by atoms with E-state index in [0.29, 0.717) is 11.1 Å². The van der Waals surface area contributed by atoms with E-state index in [1.807, 2.05) is 12.1 Å². The largest absolute Gasteiger partial charge is 0.472 e. The van der Waals surface area contributed by atoms with E-state index in [0.717, 1.165) is 4.47 Å². The molecule has 0 N–H and O–H groups in total. The zero-order valence-electron chi connectivity index (χ0n) is 8.76. The Balaban J connectivity index is 2.35. The molecule has 1 heterocycles. The molecule has 1 aromatic heterocycles. The van der Waals surface area contributed by atoms with E-state index < -0.39 is 5.92 Å². The summed E-state index contributed by atoms with van der Waals surface area (Å²) in [5, 5.41) is 9.12. The molecule has 0 saturated carbocycles. The number of rotatable bonds is 3. The minimum absolute atomic E-state index is 0.251. The molecule has 84 valence electrons. The van der Waals surface area contributed by atoms with Gasteiger partial charge in [-0.2, -0.15) is 5.26 Å². The van der Waals surface area contributed by atoms with E-state index in [-0.39, 0.29) is 5.78 Å². The molecular formula is C13H8BrNO2. The first-order valence-corrected chi connectivity index (χ1v) is 5.73. The number of carbonyl (C=O) groups is 1. The summed E-state index contributed by atoms with van der Waals surface area (Å²) in [7, 11) is 0. The first-order valence-electron chi connectivity index (χ1n) is 4.94. The highest BCUT2D eigenvalue weighted by molar-refractivity contribution is 9.10. The first kappa shape index (κ1) is 11.6. The second kappa shape index (κ2) is 4.98. The topological polar surface area (TPSA) is 54.0 Å². The van der Waals surface area contributed by atoms with Gasteiger partial charge < -0.3 is 4.42 Å². The maximum atomic E-state index is 12.1. The summed E-state index contributed by atoms with van der Waals surface area (Å²) in [4.78, 5) is 12.1. The number of carbonyl (C=O) groups excluding carboxylic acids is 1. The van der Waals surface area contributed by atoms with Crippen molar-refractivity contribution < 1.29 is 9.21 Å². The lowest BCUT2D eigenvalue weighted by atomic mass is 9.93. The van der Waals surface area contributed by atoms with Crippen molar-refractivity contribution in [2.24, 2.45) is 0 Å². The van der Waals surface area contributed by atoms with Crippen LogP contribution in [0.4, 0.5) is 0 Å². The minimum Gasteiger partial charge on any atom is -0.472 e. The van der Waals surface area contributed by atoms with Crippen LogP contribution in [0.5, 0.6) is 0 Å². The molecule has 4 heteroatoms. The van der Waals surface area contributed by atoms with Crippen molar-refractivity contribution in [3.8, 4) is 6.07 Å². The highest BCUT2D eigenvalue weighted by atomic mass is 79.9. The number of nitrogens with zero attached hydrogens (tertiary/aromatic N) is 1. The van der Waals surface area contributed by atoms with Crippen molar-refractivity contribution in [3.63, 3.8) is 0 Å². The Hall–Kier alpha value is -1.86. The predicted octanol–water partition coefficient (Wildman–Crippen LogP) is 3.53. The lowest BCUT2D eigenvalue weighted by molar-refractivity contribution is 0.0978. The molecule has 0 fully saturated rings. The van der Waals surface area contributed by atoms with Gasteiger partial charge in [0.2, 0.25) is 0 Å². The Morgan fingerprint density at radius 1 is 1.41 bits per heavy atom. The van der Waals surface area contributed by atoms with Gasteiger partial charge in [-0.25, -0.2) is 0 Å². The summed E-state index contributed by atoms with van der Waals surface area (Å²) in [6, 6.07) is 10.8. The lowest BCUT2D eigenvalue weighted by Crippen LogP contribution is -2.10. The number of halogens is 1. The van der Waals surface area contributed by atoms with Crippen molar-refractivity contribution in [2.45, 2.75) is 5.92 Å². The average molecular weight is 290 g/mol. The maximum absolute atomic E-state index is 12.1. The van der Waals surface area contributed by atoms with Gasteiger partial charge in [-0.15, -0.1) is 0 Å². The third kappa shape index (κ3) is 2.45. The molecule has 0 saturated heterocycles. The Morgan fingerprint density at radius 2 is 2.24 bits per heavy atom.